The number of hydrogen-bond acceptors (Lipinski definition) is 1. The molecule has 0 aromatic rings. The normalized spacial score (nSPS) is 10.5. The topological polar surface area (TPSA) is 20.3 Å². The number of hydrogen-bond donors (Lipinski definition) is 0. The van der Waals surface area contributed by atoms with Crippen LogP contribution in [0.1, 0.15) is 46.5 Å². The van der Waals surface area contributed by atoms with Crippen LogP contribution in [0.4, 0.5) is 0 Å². The summed E-state index contributed by atoms with van der Waals surface area (Å²) in [7, 11) is 1.90. The van der Waals surface area contributed by atoms with E-state index in [2.05, 4.69) is 20.8 Å². The molecule has 0 fully saturated rings. The third-order valence-electron chi connectivity index (χ3n) is 2.11. The molecule has 0 radical (unpaired) electrons. The molecule has 0 bridgehead atoms. The van der Waals surface area contributed by atoms with Gasteiger partial charge in [0.25, 0.3) is 0 Å². The second kappa shape index (κ2) is 6.93. The van der Waals surface area contributed by atoms with E-state index >= 15 is 0 Å². The Morgan fingerprint density at radius 3 is 2.38 bits per heavy atom. The largest absolute Gasteiger partial charge is 0.346 e. The first-order valence-corrected chi connectivity index (χ1v) is 5.31. The molecule has 2 nitrogen and oxygen atoms in total. The number of amides is 1. The minimum atomic E-state index is 0.283. The quantitative estimate of drug-likeness (QED) is 0.583. The van der Waals surface area contributed by atoms with E-state index in [1.165, 1.54) is 12.8 Å². The zero-order valence-corrected chi connectivity index (χ0v) is 9.47. The molecule has 78 valence electrons. The van der Waals surface area contributed by atoms with Crippen molar-refractivity contribution in [3.8, 4) is 0 Å². The highest BCUT2D eigenvalue weighted by Gasteiger charge is 2.09. The molecule has 0 spiro atoms. The van der Waals surface area contributed by atoms with Gasteiger partial charge in [0.2, 0.25) is 5.91 Å². The van der Waals surface area contributed by atoms with Crippen molar-refractivity contribution >= 4 is 5.91 Å². The van der Waals surface area contributed by atoms with E-state index in [9.17, 15) is 4.79 Å². The van der Waals surface area contributed by atoms with Gasteiger partial charge in [-0.25, -0.2) is 0 Å². The van der Waals surface area contributed by atoms with Crippen LogP contribution in [-0.4, -0.2) is 24.4 Å². The average Bonchev–Trinajstić information content (AvgIpc) is 2.03. The first kappa shape index (κ1) is 12.5. The Labute approximate surface area is 82.3 Å². The molecule has 0 saturated carbocycles. The van der Waals surface area contributed by atoms with Gasteiger partial charge in [-0.15, -0.1) is 0 Å². The summed E-state index contributed by atoms with van der Waals surface area (Å²) < 4.78 is 0. The first-order chi connectivity index (χ1) is 6.07. The number of rotatable bonds is 6. The summed E-state index contributed by atoms with van der Waals surface area (Å²) in [4.78, 5) is 13.3. The summed E-state index contributed by atoms with van der Waals surface area (Å²) in [5.41, 5.74) is 0. The Hall–Kier alpha value is -0.530. The van der Waals surface area contributed by atoms with Crippen LogP contribution in [0, 0.1) is 5.92 Å². The highest BCUT2D eigenvalue weighted by atomic mass is 16.2. The van der Waals surface area contributed by atoms with Crippen LogP contribution in [0.5, 0.6) is 0 Å². The van der Waals surface area contributed by atoms with Crippen molar-refractivity contribution in [2.45, 2.75) is 46.5 Å². The molecule has 0 aromatic heterocycles. The molecular formula is C11H23NO. The predicted octanol–water partition coefficient (Wildman–Crippen LogP) is 2.68. The number of nitrogens with zero attached hydrogens (tertiary/aromatic N) is 1. The molecule has 0 rings (SSSR count). The number of carbonyl (C=O) groups excluding carboxylic acids is 1. The van der Waals surface area contributed by atoms with Gasteiger partial charge >= 0.3 is 0 Å². The molecule has 0 saturated heterocycles. The van der Waals surface area contributed by atoms with Crippen molar-refractivity contribution in [3.05, 3.63) is 0 Å². The highest BCUT2D eigenvalue weighted by Crippen LogP contribution is 2.04. The third-order valence-corrected chi connectivity index (χ3v) is 2.11. The lowest BCUT2D eigenvalue weighted by Crippen LogP contribution is -2.28. The maximum absolute atomic E-state index is 11.5. The van der Waals surface area contributed by atoms with Gasteiger partial charge in [-0.3, -0.25) is 4.79 Å². The van der Waals surface area contributed by atoms with Crippen LogP contribution >= 0.6 is 0 Å². The van der Waals surface area contributed by atoms with Crippen molar-refractivity contribution in [1.82, 2.24) is 4.90 Å². The van der Waals surface area contributed by atoms with Gasteiger partial charge in [0.05, 0.1) is 0 Å². The van der Waals surface area contributed by atoms with Gasteiger partial charge in [0, 0.05) is 20.0 Å². The van der Waals surface area contributed by atoms with E-state index in [-0.39, 0.29) is 5.91 Å². The standard InChI is InChI=1S/C11H23NO/c1-5-6-7-8-12(4)11(13)9-10(2)3/h10H,5-9H2,1-4H3. The van der Waals surface area contributed by atoms with Crippen LogP contribution in [0.3, 0.4) is 0 Å². The van der Waals surface area contributed by atoms with Crippen molar-refractivity contribution < 1.29 is 4.79 Å². The fraction of sp³-hybridized carbons (Fsp3) is 0.909. The molecule has 0 unspecified atom stereocenters. The van der Waals surface area contributed by atoms with Gasteiger partial charge in [-0.05, 0) is 12.3 Å². The van der Waals surface area contributed by atoms with Gasteiger partial charge in [-0.1, -0.05) is 33.6 Å². The Kier molecular flexibility index (Phi) is 6.65. The van der Waals surface area contributed by atoms with Crippen LogP contribution < -0.4 is 0 Å². The molecule has 0 aliphatic heterocycles. The Morgan fingerprint density at radius 2 is 1.92 bits per heavy atom. The van der Waals surface area contributed by atoms with Crippen molar-refractivity contribution in [3.63, 3.8) is 0 Å². The van der Waals surface area contributed by atoms with E-state index in [0.717, 1.165) is 13.0 Å². The summed E-state index contributed by atoms with van der Waals surface area (Å²) in [5.74, 6) is 0.757. The SMILES string of the molecule is CCCCCN(C)C(=O)CC(C)C. The maximum Gasteiger partial charge on any atom is 0.222 e. The smallest absolute Gasteiger partial charge is 0.222 e. The molecule has 13 heavy (non-hydrogen) atoms. The summed E-state index contributed by atoms with van der Waals surface area (Å²) in [6.07, 6.45) is 4.25. The molecule has 0 aromatic carbocycles. The Morgan fingerprint density at radius 1 is 1.31 bits per heavy atom. The zero-order chi connectivity index (χ0) is 10.3. The minimum absolute atomic E-state index is 0.283. The van der Waals surface area contributed by atoms with Gasteiger partial charge in [-0.2, -0.15) is 0 Å². The van der Waals surface area contributed by atoms with Gasteiger partial charge in [0.1, 0.15) is 0 Å². The van der Waals surface area contributed by atoms with E-state index in [1.807, 2.05) is 11.9 Å². The number of unbranched alkanes of at least 4 members (excludes halogenated alkanes) is 2. The molecule has 0 aliphatic rings. The minimum Gasteiger partial charge on any atom is -0.346 e. The van der Waals surface area contributed by atoms with Crippen LogP contribution in [0.2, 0.25) is 0 Å². The molecule has 0 heterocycles. The fourth-order valence-electron chi connectivity index (χ4n) is 1.23. The fourth-order valence-corrected chi connectivity index (χ4v) is 1.23. The lowest BCUT2D eigenvalue weighted by molar-refractivity contribution is -0.130. The molecule has 0 N–H and O–H groups in total. The zero-order valence-electron chi connectivity index (χ0n) is 9.47. The Bertz CT molecular complexity index is 143. The summed E-state index contributed by atoms with van der Waals surface area (Å²) >= 11 is 0. The highest BCUT2D eigenvalue weighted by molar-refractivity contribution is 5.75. The van der Waals surface area contributed by atoms with E-state index in [1.54, 1.807) is 0 Å². The maximum atomic E-state index is 11.5. The molecular weight excluding hydrogens is 162 g/mol. The first-order valence-electron chi connectivity index (χ1n) is 5.31. The Balaban J connectivity index is 3.57. The van der Waals surface area contributed by atoms with E-state index in [0.29, 0.717) is 12.3 Å². The predicted molar refractivity (Wildman–Crippen MR) is 56.6 cm³/mol. The average molecular weight is 185 g/mol. The summed E-state index contributed by atoms with van der Waals surface area (Å²) in [5, 5.41) is 0. The van der Waals surface area contributed by atoms with Crippen LogP contribution in [0.25, 0.3) is 0 Å². The molecule has 2 heteroatoms. The lowest BCUT2D eigenvalue weighted by Gasteiger charge is -2.17. The summed E-state index contributed by atoms with van der Waals surface area (Å²) in [6.45, 7) is 7.25. The van der Waals surface area contributed by atoms with Crippen LogP contribution in [-0.2, 0) is 4.79 Å². The van der Waals surface area contributed by atoms with E-state index in [4.69, 9.17) is 0 Å². The number of carbonyl (C=O) groups is 1. The van der Waals surface area contributed by atoms with Crippen molar-refractivity contribution in [2.24, 2.45) is 5.92 Å². The van der Waals surface area contributed by atoms with E-state index < -0.39 is 0 Å². The van der Waals surface area contributed by atoms with Gasteiger partial charge < -0.3 is 4.90 Å². The van der Waals surface area contributed by atoms with Gasteiger partial charge in [0.15, 0.2) is 0 Å². The van der Waals surface area contributed by atoms with Crippen molar-refractivity contribution in [1.29, 1.82) is 0 Å². The lowest BCUT2D eigenvalue weighted by atomic mass is 10.1. The monoisotopic (exact) mass is 185 g/mol. The van der Waals surface area contributed by atoms with Crippen LogP contribution in [0.15, 0.2) is 0 Å². The van der Waals surface area contributed by atoms with Crippen molar-refractivity contribution in [2.75, 3.05) is 13.6 Å². The third kappa shape index (κ3) is 6.62. The molecule has 0 aliphatic carbocycles. The second-order valence-electron chi connectivity index (χ2n) is 4.12. The summed E-state index contributed by atoms with van der Waals surface area (Å²) in [6, 6.07) is 0. The second-order valence-corrected chi connectivity index (χ2v) is 4.12. The molecule has 0 atom stereocenters. The molecule has 1 amide bonds.